The molecular formula is C28H38N6O3. The Hall–Kier alpha value is -3.49. The highest BCUT2D eigenvalue weighted by Crippen LogP contribution is 2.30. The first kappa shape index (κ1) is 26.6. The van der Waals surface area contributed by atoms with E-state index in [0.29, 0.717) is 68.8 Å². The average molecular weight is 507 g/mol. The number of amides is 2. The molecule has 1 unspecified atom stereocenters. The van der Waals surface area contributed by atoms with Crippen molar-refractivity contribution in [3.05, 3.63) is 46.8 Å². The number of nitrogens with one attached hydrogen (secondary N) is 1. The lowest BCUT2D eigenvalue weighted by molar-refractivity contribution is -0.129. The monoisotopic (exact) mass is 506 g/mol. The molecule has 2 amide bonds. The molecule has 9 nitrogen and oxygen atoms in total. The molecule has 0 bridgehead atoms. The molecule has 2 aliphatic heterocycles. The first-order valence-electron chi connectivity index (χ1n) is 13.3. The van der Waals surface area contributed by atoms with E-state index in [1.54, 1.807) is 11.8 Å². The standard InChI is InChI=1S/C28H38N6O3/c1-6-21(16-20-8-10-22(11-9-20)37-7-2)24(29)25-23-17-34(18(3)4)27(36)26(23)31-28(30-25)33-14-12-32(13-15-33)19(5)35/h8-11,18,21,29H,6-7,12-17H2,1-5H3. The molecule has 37 heavy (non-hydrogen) atoms. The van der Waals surface area contributed by atoms with Crippen molar-refractivity contribution in [2.45, 2.75) is 60.0 Å². The van der Waals surface area contributed by atoms with Crippen LogP contribution in [0.15, 0.2) is 24.3 Å². The number of carbonyl (C=O) groups is 2. The van der Waals surface area contributed by atoms with Crippen molar-refractivity contribution in [1.82, 2.24) is 19.8 Å². The highest BCUT2D eigenvalue weighted by molar-refractivity contribution is 6.05. The Morgan fingerprint density at radius 3 is 2.32 bits per heavy atom. The van der Waals surface area contributed by atoms with Crippen LogP contribution in [0.5, 0.6) is 5.75 Å². The van der Waals surface area contributed by atoms with Crippen LogP contribution in [0.2, 0.25) is 0 Å². The van der Waals surface area contributed by atoms with Gasteiger partial charge in [0.05, 0.1) is 24.6 Å². The second-order valence-corrected chi connectivity index (χ2v) is 10.0. The van der Waals surface area contributed by atoms with Gasteiger partial charge in [-0.1, -0.05) is 19.1 Å². The summed E-state index contributed by atoms with van der Waals surface area (Å²) in [5, 5.41) is 9.23. The predicted octanol–water partition coefficient (Wildman–Crippen LogP) is 3.54. The summed E-state index contributed by atoms with van der Waals surface area (Å²) in [4.78, 5) is 40.3. The fourth-order valence-electron chi connectivity index (χ4n) is 5.00. The molecule has 1 saturated heterocycles. The predicted molar refractivity (Wildman–Crippen MR) is 143 cm³/mol. The van der Waals surface area contributed by atoms with Crippen molar-refractivity contribution in [3.63, 3.8) is 0 Å². The molecule has 1 atom stereocenters. The second-order valence-electron chi connectivity index (χ2n) is 10.0. The minimum absolute atomic E-state index is 0.0251. The molecule has 4 rings (SSSR count). The van der Waals surface area contributed by atoms with Crippen LogP contribution in [-0.2, 0) is 17.8 Å². The Labute approximate surface area is 219 Å². The van der Waals surface area contributed by atoms with E-state index in [9.17, 15) is 15.0 Å². The molecule has 3 heterocycles. The number of rotatable bonds is 9. The molecule has 0 spiro atoms. The number of benzene rings is 1. The smallest absolute Gasteiger partial charge is 0.273 e. The van der Waals surface area contributed by atoms with E-state index >= 15 is 0 Å². The summed E-state index contributed by atoms with van der Waals surface area (Å²) in [6, 6.07) is 8.06. The van der Waals surface area contributed by atoms with Crippen LogP contribution in [0, 0.1) is 11.3 Å². The quantitative estimate of drug-likeness (QED) is 0.522. The molecule has 0 radical (unpaired) electrons. The largest absolute Gasteiger partial charge is 0.494 e. The van der Waals surface area contributed by atoms with Gasteiger partial charge in [-0.05, 0) is 51.3 Å². The third-order valence-electron chi connectivity index (χ3n) is 7.29. The number of hydrogen-bond acceptors (Lipinski definition) is 7. The normalized spacial score (nSPS) is 16.3. The number of fused-ring (bicyclic) bond motifs is 1. The zero-order valence-electron chi connectivity index (χ0n) is 22.6. The van der Waals surface area contributed by atoms with E-state index in [4.69, 9.17) is 14.7 Å². The Morgan fingerprint density at radius 1 is 1.08 bits per heavy atom. The molecule has 2 aliphatic rings. The number of aromatic nitrogens is 2. The van der Waals surface area contributed by atoms with Crippen LogP contribution in [0.3, 0.4) is 0 Å². The van der Waals surface area contributed by atoms with Crippen molar-refractivity contribution in [2.24, 2.45) is 5.92 Å². The Balaban J connectivity index is 1.65. The maximum absolute atomic E-state index is 13.3. The average Bonchev–Trinajstić information content (AvgIpc) is 3.24. The van der Waals surface area contributed by atoms with E-state index in [-0.39, 0.29) is 23.8 Å². The topological polar surface area (TPSA) is 103 Å². The van der Waals surface area contributed by atoms with E-state index in [1.165, 1.54) is 0 Å². The second kappa shape index (κ2) is 11.3. The van der Waals surface area contributed by atoms with Crippen LogP contribution in [0.4, 0.5) is 5.95 Å². The van der Waals surface area contributed by atoms with E-state index < -0.39 is 0 Å². The number of anilines is 1. The third-order valence-corrected chi connectivity index (χ3v) is 7.29. The molecular weight excluding hydrogens is 468 g/mol. The minimum atomic E-state index is -0.107. The van der Waals surface area contributed by atoms with Crippen LogP contribution < -0.4 is 9.64 Å². The first-order chi connectivity index (χ1) is 17.7. The molecule has 1 aromatic carbocycles. The number of piperazine rings is 1. The summed E-state index contributed by atoms with van der Waals surface area (Å²) in [5.74, 6) is 1.20. The van der Waals surface area contributed by atoms with Gasteiger partial charge in [0.1, 0.15) is 11.4 Å². The molecule has 1 aromatic heterocycles. The summed E-state index contributed by atoms with van der Waals surface area (Å²) in [6.45, 7) is 13.0. The van der Waals surface area contributed by atoms with Crippen LogP contribution in [0.1, 0.15) is 68.3 Å². The lowest BCUT2D eigenvalue weighted by Gasteiger charge is -2.34. The molecule has 1 fully saturated rings. The van der Waals surface area contributed by atoms with Gasteiger partial charge in [0.15, 0.2) is 0 Å². The lowest BCUT2D eigenvalue weighted by Crippen LogP contribution is -2.48. The van der Waals surface area contributed by atoms with Crippen LogP contribution in [0.25, 0.3) is 0 Å². The fraction of sp³-hybridized carbons (Fsp3) is 0.536. The number of hydrogen-bond donors (Lipinski definition) is 1. The summed E-state index contributed by atoms with van der Waals surface area (Å²) >= 11 is 0. The maximum atomic E-state index is 13.3. The summed E-state index contributed by atoms with van der Waals surface area (Å²) in [6.07, 6.45) is 1.48. The lowest BCUT2D eigenvalue weighted by atomic mass is 9.89. The summed E-state index contributed by atoms with van der Waals surface area (Å²) < 4.78 is 5.57. The molecule has 0 saturated carbocycles. The van der Waals surface area contributed by atoms with Crippen molar-refractivity contribution in [2.75, 3.05) is 37.7 Å². The third kappa shape index (κ3) is 5.60. The zero-order valence-corrected chi connectivity index (χ0v) is 22.6. The Kier molecular flexibility index (Phi) is 8.10. The zero-order chi connectivity index (χ0) is 26.7. The van der Waals surface area contributed by atoms with Crippen molar-refractivity contribution >= 4 is 23.5 Å². The SMILES string of the molecule is CCOc1ccc(CC(CC)C(=N)c2nc(N3CCN(C(C)=O)CC3)nc3c2CN(C(C)C)C3=O)cc1. The van der Waals surface area contributed by atoms with Crippen molar-refractivity contribution in [1.29, 1.82) is 5.41 Å². The van der Waals surface area contributed by atoms with E-state index in [0.717, 1.165) is 23.3 Å². The molecule has 2 aromatic rings. The Morgan fingerprint density at radius 2 is 1.76 bits per heavy atom. The maximum Gasteiger partial charge on any atom is 0.273 e. The van der Waals surface area contributed by atoms with Gasteiger partial charge in [-0.2, -0.15) is 0 Å². The van der Waals surface area contributed by atoms with Gasteiger partial charge < -0.3 is 24.8 Å². The van der Waals surface area contributed by atoms with Gasteiger partial charge >= 0.3 is 0 Å². The molecule has 9 heteroatoms. The van der Waals surface area contributed by atoms with Gasteiger partial charge in [-0.15, -0.1) is 0 Å². The van der Waals surface area contributed by atoms with Crippen LogP contribution >= 0.6 is 0 Å². The first-order valence-corrected chi connectivity index (χ1v) is 13.3. The van der Waals surface area contributed by atoms with Crippen molar-refractivity contribution < 1.29 is 14.3 Å². The molecule has 198 valence electrons. The minimum Gasteiger partial charge on any atom is -0.494 e. The Bertz CT molecular complexity index is 1160. The number of nitrogens with zero attached hydrogens (tertiary/aromatic N) is 5. The molecule has 1 N–H and O–H groups in total. The van der Waals surface area contributed by atoms with Gasteiger partial charge in [0, 0.05) is 50.6 Å². The van der Waals surface area contributed by atoms with Crippen molar-refractivity contribution in [3.8, 4) is 5.75 Å². The van der Waals surface area contributed by atoms with Gasteiger partial charge in [0.2, 0.25) is 11.9 Å². The van der Waals surface area contributed by atoms with E-state index in [2.05, 4.69) is 19.1 Å². The summed E-state index contributed by atoms with van der Waals surface area (Å²) in [5.41, 5.74) is 3.30. The fourth-order valence-corrected chi connectivity index (χ4v) is 5.00. The summed E-state index contributed by atoms with van der Waals surface area (Å²) in [7, 11) is 0. The van der Waals surface area contributed by atoms with Gasteiger partial charge in [-0.25, -0.2) is 9.97 Å². The number of carbonyl (C=O) groups excluding carboxylic acids is 2. The van der Waals surface area contributed by atoms with Crippen LogP contribution in [-0.4, -0.2) is 76.1 Å². The van der Waals surface area contributed by atoms with Gasteiger partial charge in [-0.3, -0.25) is 9.59 Å². The highest BCUT2D eigenvalue weighted by Gasteiger charge is 2.36. The van der Waals surface area contributed by atoms with Gasteiger partial charge in [0.25, 0.3) is 5.91 Å². The number of ether oxygens (including phenoxy) is 1. The highest BCUT2D eigenvalue weighted by atomic mass is 16.5. The molecule has 0 aliphatic carbocycles. The van der Waals surface area contributed by atoms with E-state index in [1.807, 2.05) is 42.7 Å².